The lowest BCUT2D eigenvalue weighted by Gasteiger charge is -2.07. The van der Waals surface area contributed by atoms with Crippen LogP contribution < -0.4 is 11.1 Å². The molecule has 2 aromatic heterocycles. The molecule has 0 bridgehead atoms. The number of halogens is 1. The predicted octanol–water partition coefficient (Wildman–Crippen LogP) is 3.75. The van der Waals surface area contributed by atoms with Crippen molar-refractivity contribution in [2.24, 2.45) is 0 Å². The Balaban J connectivity index is 1.68. The second-order valence-electron chi connectivity index (χ2n) is 5.67. The van der Waals surface area contributed by atoms with Gasteiger partial charge in [0.15, 0.2) is 5.16 Å². The number of nitrogens with two attached hydrogens (primary N) is 1. The van der Waals surface area contributed by atoms with Gasteiger partial charge in [0.25, 0.3) is 0 Å². The number of anilines is 2. The summed E-state index contributed by atoms with van der Waals surface area (Å²) in [4.78, 5) is 20.0. The molecular weight excluding hydrogens is 484 g/mol. The molecular formula is C17H15BrN4O3S3. The van der Waals surface area contributed by atoms with Gasteiger partial charge in [-0.1, -0.05) is 23.9 Å². The highest BCUT2D eigenvalue weighted by atomic mass is 79.9. The average molecular weight is 499 g/mol. The first-order valence-corrected chi connectivity index (χ1v) is 12.0. The summed E-state index contributed by atoms with van der Waals surface area (Å²) < 4.78 is 26.1. The topological polar surface area (TPSA) is 115 Å². The molecule has 3 rings (SSSR count). The third kappa shape index (κ3) is 4.90. The number of nitrogens with zero attached hydrogens (tertiary/aromatic N) is 2. The maximum absolute atomic E-state index is 12.6. The lowest BCUT2D eigenvalue weighted by Crippen LogP contribution is -2.14. The number of hydrogen-bond donors (Lipinski definition) is 2. The van der Waals surface area contributed by atoms with E-state index in [2.05, 4.69) is 31.2 Å². The third-order valence-electron chi connectivity index (χ3n) is 3.50. The normalized spacial score (nSPS) is 11.4. The van der Waals surface area contributed by atoms with Gasteiger partial charge in [-0.2, -0.15) is 0 Å². The van der Waals surface area contributed by atoms with E-state index in [9.17, 15) is 13.2 Å². The minimum atomic E-state index is -3.79. The van der Waals surface area contributed by atoms with Gasteiger partial charge >= 0.3 is 0 Å². The van der Waals surface area contributed by atoms with Crippen LogP contribution in [0.25, 0.3) is 0 Å². The summed E-state index contributed by atoms with van der Waals surface area (Å²) in [5.41, 5.74) is 7.59. The molecule has 11 heteroatoms. The molecule has 7 nitrogen and oxygen atoms in total. The molecule has 0 aliphatic carbocycles. The Hall–Kier alpha value is -1.95. The van der Waals surface area contributed by atoms with Crippen LogP contribution in [0.2, 0.25) is 0 Å². The first-order chi connectivity index (χ1) is 13.3. The number of carbonyl (C=O) groups is 1. The summed E-state index contributed by atoms with van der Waals surface area (Å²) in [6.07, 6.45) is 1.17. The summed E-state index contributed by atoms with van der Waals surface area (Å²) in [5, 5.41) is 3.01. The zero-order valence-electron chi connectivity index (χ0n) is 14.5. The van der Waals surface area contributed by atoms with Crippen molar-refractivity contribution in [2.75, 3.05) is 16.8 Å². The number of thioether (sulfide) groups is 1. The number of sulfone groups is 1. The first-order valence-electron chi connectivity index (χ1n) is 7.88. The maximum Gasteiger partial charge on any atom is 0.234 e. The van der Waals surface area contributed by atoms with Gasteiger partial charge in [0, 0.05) is 5.69 Å². The minimum Gasteiger partial charge on any atom is -0.382 e. The summed E-state index contributed by atoms with van der Waals surface area (Å²) in [6.45, 7) is 1.94. The molecule has 0 radical (unpaired) electrons. The van der Waals surface area contributed by atoms with Crippen LogP contribution in [-0.2, 0) is 14.6 Å². The molecule has 0 aliphatic heterocycles. The molecule has 146 valence electrons. The van der Waals surface area contributed by atoms with Gasteiger partial charge in [0.1, 0.15) is 14.9 Å². The Morgan fingerprint density at radius 3 is 2.75 bits per heavy atom. The van der Waals surface area contributed by atoms with Gasteiger partial charge in [-0.15, -0.1) is 11.3 Å². The van der Waals surface area contributed by atoms with Crippen molar-refractivity contribution in [3.63, 3.8) is 0 Å². The van der Waals surface area contributed by atoms with E-state index >= 15 is 0 Å². The van der Waals surface area contributed by atoms with Crippen LogP contribution in [-0.4, -0.2) is 30.0 Å². The molecule has 1 aromatic carbocycles. The number of thiophene rings is 1. The van der Waals surface area contributed by atoms with Crippen molar-refractivity contribution in [3.8, 4) is 0 Å². The van der Waals surface area contributed by atoms with Crippen molar-refractivity contribution in [1.82, 2.24) is 9.97 Å². The van der Waals surface area contributed by atoms with Crippen molar-refractivity contribution in [3.05, 3.63) is 51.9 Å². The Kier molecular flexibility index (Phi) is 6.38. The molecule has 28 heavy (non-hydrogen) atoms. The number of aryl methyl sites for hydroxylation is 1. The number of amides is 1. The SMILES string of the molecule is Cc1cccc(NC(=O)CSc2ncc(S(=O)(=O)c3ccc(Br)s3)c(N)n2)c1. The Bertz CT molecular complexity index is 1130. The third-order valence-corrected chi connectivity index (χ3v) is 8.25. The van der Waals surface area contributed by atoms with Crippen LogP contribution in [0.4, 0.5) is 11.5 Å². The molecule has 0 atom stereocenters. The standard InChI is InChI=1S/C17H15BrN4O3S3/c1-10-3-2-4-11(7-10)21-14(23)9-26-17-20-8-12(16(19)22-17)28(24,25)15-6-5-13(18)27-15/h2-8H,9H2,1H3,(H,21,23)(H2,19,20,22). The summed E-state index contributed by atoms with van der Waals surface area (Å²) in [6, 6.07) is 10.6. The van der Waals surface area contributed by atoms with Gasteiger partial charge in [-0.25, -0.2) is 18.4 Å². The van der Waals surface area contributed by atoms with Crippen LogP contribution in [0, 0.1) is 6.92 Å². The zero-order valence-corrected chi connectivity index (χ0v) is 18.6. The van der Waals surface area contributed by atoms with Crippen LogP contribution >= 0.6 is 39.0 Å². The smallest absolute Gasteiger partial charge is 0.234 e. The number of hydrogen-bond acceptors (Lipinski definition) is 8. The highest BCUT2D eigenvalue weighted by molar-refractivity contribution is 9.11. The summed E-state index contributed by atoms with van der Waals surface area (Å²) >= 11 is 5.39. The summed E-state index contributed by atoms with van der Waals surface area (Å²) in [5.74, 6) is -0.309. The van der Waals surface area contributed by atoms with Crippen LogP contribution in [0.1, 0.15) is 5.56 Å². The fourth-order valence-electron chi connectivity index (χ4n) is 2.24. The number of rotatable bonds is 6. The highest BCUT2D eigenvalue weighted by Crippen LogP contribution is 2.32. The number of aromatic nitrogens is 2. The molecule has 0 aliphatic rings. The molecule has 0 saturated heterocycles. The highest BCUT2D eigenvalue weighted by Gasteiger charge is 2.24. The molecule has 0 saturated carbocycles. The molecule has 0 spiro atoms. The molecule has 3 N–H and O–H groups in total. The van der Waals surface area contributed by atoms with Crippen molar-refractivity contribution in [2.45, 2.75) is 21.2 Å². The lowest BCUT2D eigenvalue weighted by atomic mass is 10.2. The molecule has 2 heterocycles. The van der Waals surface area contributed by atoms with Crippen LogP contribution in [0.5, 0.6) is 0 Å². The summed E-state index contributed by atoms with van der Waals surface area (Å²) in [7, 11) is -3.79. The van der Waals surface area contributed by atoms with E-state index in [0.717, 1.165) is 28.7 Å². The first kappa shape index (κ1) is 20.8. The fraction of sp³-hybridized carbons (Fsp3) is 0.118. The number of carbonyl (C=O) groups excluding carboxylic acids is 1. The minimum absolute atomic E-state index is 0.0668. The Morgan fingerprint density at radius 2 is 2.11 bits per heavy atom. The number of nitrogens with one attached hydrogen (secondary N) is 1. The van der Waals surface area contributed by atoms with Crippen molar-refractivity contribution in [1.29, 1.82) is 0 Å². The quantitative estimate of drug-likeness (QED) is 0.392. The van der Waals surface area contributed by atoms with E-state index in [0.29, 0.717) is 9.47 Å². The van der Waals surface area contributed by atoms with E-state index in [1.165, 1.54) is 12.3 Å². The van der Waals surface area contributed by atoms with Gasteiger partial charge in [0.2, 0.25) is 15.7 Å². The molecule has 0 unspecified atom stereocenters. The molecule has 0 fully saturated rings. The van der Waals surface area contributed by atoms with Crippen molar-refractivity contribution >= 4 is 66.3 Å². The van der Waals surface area contributed by atoms with Gasteiger partial charge < -0.3 is 11.1 Å². The van der Waals surface area contributed by atoms with Gasteiger partial charge in [-0.3, -0.25) is 4.79 Å². The van der Waals surface area contributed by atoms with Crippen LogP contribution in [0.15, 0.2) is 60.6 Å². The number of nitrogen functional groups attached to an aromatic ring is 1. The van der Waals surface area contributed by atoms with Crippen LogP contribution in [0.3, 0.4) is 0 Å². The van der Waals surface area contributed by atoms with Crippen molar-refractivity contribution < 1.29 is 13.2 Å². The second kappa shape index (κ2) is 8.60. The molecule has 1 amide bonds. The van der Waals surface area contributed by atoms with E-state index in [-0.39, 0.29) is 31.7 Å². The van der Waals surface area contributed by atoms with E-state index in [4.69, 9.17) is 5.73 Å². The Morgan fingerprint density at radius 1 is 1.32 bits per heavy atom. The largest absolute Gasteiger partial charge is 0.382 e. The molecule has 3 aromatic rings. The van der Waals surface area contributed by atoms with Gasteiger partial charge in [0.05, 0.1) is 15.7 Å². The Labute approximate surface area is 178 Å². The second-order valence-corrected chi connectivity index (χ2v) is 11.2. The lowest BCUT2D eigenvalue weighted by molar-refractivity contribution is -0.113. The van der Waals surface area contributed by atoms with Gasteiger partial charge in [-0.05, 0) is 52.7 Å². The fourth-order valence-corrected chi connectivity index (χ4v) is 6.26. The monoisotopic (exact) mass is 498 g/mol. The average Bonchev–Trinajstić information content (AvgIpc) is 3.07. The maximum atomic E-state index is 12.6. The van der Waals surface area contributed by atoms with E-state index in [1.807, 2.05) is 25.1 Å². The zero-order chi connectivity index (χ0) is 20.3. The predicted molar refractivity (Wildman–Crippen MR) is 114 cm³/mol. The van der Waals surface area contributed by atoms with E-state index in [1.54, 1.807) is 12.1 Å². The number of benzene rings is 1. The van der Waals surface area contributed by atoms with E-state index < -0.39 is 9.84 Å².